The molecule has 2 aliphatic heterocycles. The Kier molecular flexibility index (Phi) is 5.77. The van der Waals surface area contributed by atoms with Crippen LogP contribution in [0, 0.1) is 5.41 Å². The maximum atomic E-state index is 6.65. The van der Waals surface area contributed by atoms with Crippen molar-refractivity contribution in [3.05, 3.63) is 48.0 Å². The van der Waals surface area contributed by atoms with Gasteiger partial charge < -0.3 is 15.0 Å². The maximum Gasteiger partial charge on any atom is 0.147 e. The minimum Gasteiger partial charge on any atom is -0.381 e. The van der Waals surface area contributed by atoms with Crippen LogP contribution in [0.2, 0.25) is 5.02 Å². The first-order valence-corrected chi connectivity index (χ1v) is 11.7. The molecule has 3 aromatic rings. The first-order valence-electron chi connectivity index (χ1n) is 10.5. The molecule has 1 spiro atoms. The molecule has 162 valence electrons. The highest BCUT2D eigenvalue weighted by atomic mass is 35.5. The third-order valence-electron chi connectivity index (χ3n) is 6.11. The van der Waals surface area contributed by atoms with Crippen molar-refractivity contribution >= 4 is 40.6 Å². The fourth-order valence-corrected chi connectivity index (χ4v) is 5.29. The molecule has 1 N–H and O–H groups in total. The largest absolute Gasteiger partial charge is 0.381 e. The highest BCUT2D eigenvalue weighted by Gasteiger charge is 2.38. The van der Waals surface area contributed by atoms with Gasteiger partial charge in [-0.1, -0.05) is 29.4 Å². The van der Waals surface area contributed by atoms with E-state index in [1.807, 2.05) is 43.8 Å². The minimum atomic E-state index is 0.394. The summed E-state index contributed by atoms with van der Waals surface area (Å²) < 4.78 is 7.38. The van der Waals surface area contributed by atoms with E-state index in [9.17, 15) is 0 Å². The number of aromatic nitrogens is 4. The summed E-state index contributed by atoms with van der Waals surface area (Å²) in [5.74, 6) is 0.941. The molecule has 2 aliphatic rings. The van der Waals surface area contributed by atoms with Crippen LogP contribution in [0.15, 0.2) is 52.9 Å². The van der Waals surface area contributed by atoms with E-state index in [-0.39, 0.29) is 0 Å². The van der Waals surface area contributed by atoms with E-state index in [4.69, 9.17) is 16.3 Å². The molecule has 31 heavy (non-hydrogen) atoms. The van der Waals surface area contributed by atoms with Crippen LogP contribution in [-0.4, -0.2) is 46.1 Å². The standard InChI is InChI=1S/C22H25ClN6OS/c1-28-14-16(11-26-28)27-17-3-2-4-18(21(17)23)31-20-13-24-19(12-25-20)29-8-5-22(6-9-29)7-10-30-15-22/h2-4,11-14,27H,5-10,15H2,1H3. The minimum absolute atomic E-state index is 0.394. The van der Waals surface area contributed by atoms with Crippen LogP contribution in [0.5, 0.6) is 0 Å². The zero-order valence-corrected chi connectivity index (χ0v) is 19.0. The third kappa shape index (κ3) is 4.51. The van der Waals surface area contributed by atoms with Crippen LogP contribution in [0.4, 0.5) is 17.2 Å². The molecule has 0 saturated carbocycles. The summed E-state index contributed by atoms with van der Waals surface area (Å²) >= 11 is 8.16. The summed E-state index contributed by atoms with van der Waals surface area (Å²) in [4.78, 5) is 12.6. The van der Waals surface area contributed by atoms with Gasteiger partial charge in [-0.25, -0.2) is 9.97 Å². The number of halogens is 1. The molecule has 2 aromatic heterocycles. The Morgan fingerprint density at radius 2 is 2.00 bits per heavy atom. The third-order valence-corrected chi connectivity index (χ3v) is 7.61. The average Bonchev–Trinajstić information content (AvgIpc) is 3.41. The van der Waals surface area contributed by atoms with Gasteiger partial charge in [-0.2, -0.15) is 5.10 Å². The second-order valence-corrected chi connectivity index (χ2v) is 9.69. The zero-order chi connectivity index (χ0) is 21.3. The van der Waals surface area contributed by atoms with E-state index < -0.39 is 0 Å². The van der Waals surface area contributed by atoms with E-state index in [1.54, 1.807) is 10.9 Å². The smallest absolute Gasteiger partial charge is 0.147 e. The summed E-state index contributed by atoms with van der Waals surface area (Å²) in [5, 5.41) is 8.97. The van der Waals surface area contributed by atoms with Gasteiger partial charge >= 0.3 is 0 Å². The van der Waals surface area contributed by atoms with Crippen LogP contribution >= 0.6 is 23.4 Å². The van der Waals surface area contributed by atoms with Gasteiger partial charge in [0.1, 0.15) is 10.8 Å². The predicted octanol–water partition coefficient (Wildman–Crippen LogP) is 4.77. The fraction of sp³-hybridized carbons (Fsp3) is 0.409. The van der Waals surface area contributed by atoms with Crippen molar-refractivity contribution in [2.75, 3.05) is 36.5 Å². The van der Waals surface area contributed by atoms with Crippen LogP contribution in [0.25, 0.3) is 0 Å². The highest BCUT2D eigenvalue weighted by Crippen LogP contribution is 2.40. The normalized spacial score (nSPS) is 17.9. The summed E-state index contributed by atoms with van der Waals surface area (Å²) in [7, 11) is 1.88. The number of nitrogens with zero attached hydrogens (tertiary/aromatic N) is 5. The Hall–Kier alpha value is -2.29. The fourth-order valence-electron chi connectivity index (χ4n) is 4.22. The molecule has 9 heteroatoms. The van der Waals surface area contributed by atoms with Crippen LogP contribution in [-0.2, 0) is 11.8 Å². The molecule has 5 rings (SSSR count). The number of hydrogen-bond donors (Lipinski definition) is 1. The van der Waals surface area contributed by atoms with E-state index in [1.165, 1.54) is 18.2 Å². The van der Waals surface area contributed by atoms with E-state index in [0.29, 0.717) is 10.4 Å². The topological polar surface area (TPSA) is 68.1 Å². The van der Waals surface area contributed by atoms with Crippen molar-refractivity contribution in [1.82, 2.24) is 19.7 Å². The second kappa shape index (κ2) is 8.68. The monoisotopic (exact) mass is 456 g/mol. The van der Waals surface area contributed by atoms with Crippen LogP contribution in [0.3, 0.4) is 0 Å². The summed E-state index contributed by atoms with van der Waals surface area (Å²) in [6.07, 6.45) is 10.9. The number of hydrogen-bond acceptors (Lipinski definition) is 7. The van der Waals surface area contributed by atoms with Crippen LogP contribution in [0.1, 0.15) is 19.3 Å². The quantitative estimate of drug-likeness (QED) is 0.593. The van der Waals surface area contributed by atoms with Crippen molar-refractivity contribution in [2.45, 2.75) is 29.2 Å². The molecule has 1 aromatic carbocycles. The van der Waals surface area contributed by atoms with Gasteiger partial charge in [0.05, 0.1) is 41.6 Å². The molecule has 0 unspecified atom stereocenters. The number of benzene rings is 1. The lowest BCUT2D eigenvalue weighted by Crippen LogP contribution is -2.40. The molecule has 0 aliphatic carbocycles. The van der Waals surface area contributed by atoms with Gasteiger partial charge in [-0.05, 0) is 36.8 Å². The number of aryl methyl sites for hydroxylation is 1. The van der Waals surface area contributed by atoms with Crippen LogP contribution < -0.4 is 10.2 Å². The van der Waals surface area contributed by atoms with E-state index in [2.05, 4.69) is 25.3 Å². The molecule has 0 bridgehead atoms. The zero-order valence-electron chi connectivity index (χ0n) is 17.4. The molecule has 0 amide bonds. The van der Waals surface area contributed by atoms with Gasteiger partial charge in [0.15, 0.2) is 0 Å². The molecule has 0 atom stereocenters. The molecule has 2 saturated heterocycles. The van der Waals surface area contributed by atoms with Crippen molar-refractivity contribution in [2.24, 2.45) is 12.5 Å². The second-order valence-electron chi connectivity index (χ2n) is 8.25. The van der Waals surface area contributed by atoms with Crippen molar-refractivity contribution in [3.8, 4) is 0 Å². The number of nitrogens with one attached hydrogen (secondary N) is 1. The van der Waals surface area contributed by atoms with Crippen molar-refractivity contribution < 1.29 is 4.74 Å². The van der Waals surface area contributed by atoms with E-state index >= 15 is 0 Å². The Labute approximate surface area is 191 Å². The lowest BCUT2D eigenvalue weighted by molar-refractivity contribution is 0.133. The molecular formula is C22H25ClN6OS. The summed E-state index contributed by atoms with van der Waals surface area (Å²) in [6.45, 7) is 3.85. The molecule has 4 heterocycles. The maximum absolute atomic E-state index is 6.65. The van der Waals surface area contributed by atoms with E-state index in [0.717, 1.165) is 66.3 Å². The average molecular weight is 457 g/mol. The Bertz CT molecular complexity index is 1040. The van der Waals surface area contributed by atoms with Gasteiger partial charge in [0.2, 0.25) is 0 Å². The Balaban J connectivity index is 1.24. The van der Waals surface area contributed by atoms with Gasteiger partial charge in [-0.15, -0.1) is 0 Å². The molecule has 7 nitrogen and oxygen atoms in total. The van der Waals surface area contributed by atoms with Gasteiger partial charge in [-0.3, -0.25) is 4.68 Å². The molecule has 2 fully saturated rings. The van der Waals surface area contributed by atoms with Crippen molar-refractivity contribution in [1.29, 1.82) is 0 Å². The number of ether oxygens (including phenoxy) is 1. The number of anilines is 3. The van der Waals surface area contributed by atoms with Crippen molar-refractivity contribution in [3.63, 3.8) is 0 Å². The lowest BCUT2D eigenvalue weighted by Gasteiger charge is -2.38. The highest BCUT2D eigenvalue weighted by molar-refractivity contribution is 7.99. The summed E-state index contributed by atoms with van der Waals surface area (Å²) in [5.41, 5.74) is 2.12. The SMILES string of the molecule is Cn1cc(Nc2cccc(Sc3cnc(N4CCC5(CCOC5)CC4)cn3)c2Cl)cn1. The van der Waals surface area contributed by atoms with Gasteiger partial charge in [0, 0.05) is 37.8 Å². The first kappa shape index (κ1) is 20.6. The van der Waals surface area contributed by atoms with Gasteiger partial charge in [0.25, 0.3) is 0 Å². The lowest BCUT2D eigenvalue weighted by atomic mass is 9.78. The number of rotatable bonds is 5. The molecule has 0 radical (unpaired) electrons. The number of piperidine rings is 1. The predicted molar refractivity (Wildman–Crippen MR) is 123 cm³/mol. The first-order chi connectivity index (χ1) is 15.1. The Morgan fingerprint density at radius 3 is 2.68 bits per heavy atom. The summed E-state index contributed by atoms with van der Waals surface area (Å²) in [6, 6.07) is 5.92. The molecular weight excluding hydrogens is 432 g/mol. The Morgan fingerprint density at radius 1 is 1.13 bits per heavy atom.